The lowest BCUT2D eigenvalue weighted by molar-refractivity contribution is -0.110. The highest BCUT2D eigenvalue weighted by atomic mass is 16.2. The number of nitrogens with zero attached hydrogens (tertiary/aromatic N) is 1. The van der Waals surface area contributed by atoms with Gasteiger partial charge in [0.25, 0.3) is 5.91 Å². The normalized spacial score (nSPS) is 14.3. The Morgan fingerprint density at radius 3 is 2.45 bits per heavy atom. The molecule has 3 nitrogen and oxygen atoms in total. The van der Waals surface area contributed by atoms with E-state index >= 15 is 0 Å². The molecule has 1 amide bonds. The smallest absolute Gasteiger partial charge is 0.256 e. The largest absolute Gasteiger partial charge is 0.342 e. The van der Waals surface area contributed by atoms with Crippen molar-refractivity contribution in [3.63, 3.8) is 0 Å². The van der Waals surface area contributed by atoms with Crippen LogP contribution in [0, 0.1) is 0 Å². The summed E-state index contributed by atoms with van der Waals surface area (Å²) in [5.74, 6) is -0.0490. The number of carbonyl (C=O) groups excluding carboxylic acids is 1. The number of hydrogen-bond donors (Lipinski definition) is 1. The average Bonchev–Trinajstić information content (AvgIpc) is 3.32. The highest BCUT2D eigenvalue weighted by Crippen LogP contribution is 2.34. The molecule has 0 saturated carbocycles. The second-order valence-corrected chi connectivity index (χ2v) is 7.93. The van der Waals surface area contributed by atoms with Crippen LogP contribution in [0.5, 0.6) is 0 Å². The molecule has 5 aromatic rings. The Morgan fingerprint density at radius 1 is 0.774 bits per heavy atom. The van der Waals surface area contributed by atoms with Gasteiger partial charge in [-0.3, -0.25) is 4.79 Å². The third kappa shape index (κ3) is 2.94. The Hall–Kier alpha value is -4.11. The minimum atomic E-state index is -0.0490. The van der Waals surface area contributed by atoms with Crippen molar-refractivity contribution in [2.24, 2.45) is 0 Å². The van der Waals surface area contributed by atoms with Gasteiger partial charge in [-0.15, -0.1) is 0 Å². The Balaban J connectivity index is 1.49. The summed E-state index contributed by atoms with van der Waals surface area (Å²) in [7, 11) is 0. The van der Waals surface area contributed by atoms with Crippen LogP contribution in [0.3, 0.4) is 0 Å². The monoisotopic (exact) mass is 400 g/mol. The highest BCUT2D eigenvalue weighted by Gasteiger charge is 2.24. The lowest BCUT2D eigenvalue weighted by Crippen LogP contribution is -2.03. The van der Waals surface area contributed by atoms with Gasteiger partial charge in [0.15, 0.2) is 0 Å². The molecule has 3 heteroatoms. The molecule has 0 bridgehead atoms. The van der Waals surface area contributed by atoms with Crippen molar-refractivity contribution in [2.45, 2.75) is 6.54 Å². The number of amides is 1. The predicted molar refractivity (Wildman–Crippen MR) is 128 cm³/mol. The Kier molecular flexibility index (Phi) is 4.00. The molecule has 0 unspecified atom stereocenters. The van der Waals surface area contributed by atoms with E-state index in [-0.39, 0.29) is 5.91 Å². The first-order chi connectivity index (χ1) is 15.3. The molecule has 6 rings (SSSR count). The maximum absolute atomic E-state index is 12.6. The zero-order chi connectivity index (χ0) is 20.8. The molecule has 1 N–H and O–H groups in total. The fourth-order valence-corrected chi connectivity index (χ4v) is 4.57. The quantitative estimate of drug-likeness (QED) is 0.353. The molecule has 1 aromatic heterocycles. The average molecular weight is 400 g/mol. The van der Waals surface area contributed by atoms with Gasteiger partial charge in [-0.25, -0.2) is 0 Å². The zero-order valence-electron chi connectivity index (χ0n) is 16.9. The molecular weight excluding hydrogens is 380 g/mol. The van der Waals surface area contributed by atoms with Crippen LogP contribution in [-0.4, -0.2) is 10.5 Å². The summed E-state index contributed by atoms with van der Waals surface area (Å²) < 4.78 is 2.28. The third-order valence-electron chi connectivity index (χ3n) is 6.05. The van der Waals surface area contributed by atoms with Crippen LogP contribution < -0.4 is 5.32 Å². The second-order valence-electron chi connectivity index (χ2n) is 7.93. The third-order valence-corrected chi connectivity index (χ3v) is 6.05. The van der Waals surface area contributed by atoms with Gasteiger partial charge in [-0.05, 0) is 34.5 Å². The molecule has 148 valence electrons. The van der Waals surface area contributed by atoms with Gasteiger partial charge < -0.3 is 9.88 Å². The summed E-state index contributed by atoms with van der Waals surface area (Å²) in [6.45, 7) is 0.772. The number of carbonyl (C=O) groups is 1. The van der Waals surface area contributed by atoms with Gasteiger partial charge in [-0.2, -0.15) is 0 Å². The molecule has 1 aliphatic heterocycles. The van der Waals surface area contributed by atoms with Crippen molar-refractivity contribution in [3.8, 4) is 0 Å². The van der Waals surface area contributed by atoms with Crippen molar-refractivity contribution in [2.75, 3.05) is 5.32 Å². The standard InChI is InChI=1S/C28H20N2O/c31-28-25(24-13-3-5-14-26(24)29-28)16-21-18-30(27-15-6-4-12-23(21)27)17-20-10-7-9-19-8-1-2-11-22(19)20/h1-16,18H,17H2,(H,29,31)/b25-16+. The highest BCUT2D eigenvalue weighted by molar-refractivity contribution is 6.35. The molecule has 2 heterocycles. The van der Waals surface area contributed by atoms with Gasteiger partial charge in [-0.1, -0.05) is 78.9 Å². The first-order valence-corrected chi connectivity index (χ1v) is 10.4. The second kappa shape index (κ2) is 6.99. The lowest BCUT2D eigenvalue weighted by Gasteiger charge is -2.09. The number of para-hydroxylation sites is 2. The number of hydrogen-bond acceptors (Lipinski definition) is 1. The topological polar surface area (TPSA) is 34.0 Å². The van der Waals surface area contributed by atoms with E-state index in [2.05, 4.69) is 82.8 Å². The van der Waals surface area contributed by atoms with Crippen molar-refractivity contribution < 1.29 is 4.79 Å². The van der Waals surface area contributed by atoms with Crippen LogP contribution in [0.2, 0.25) is 0 Å². The zero-order valence-corrected chi connectivity index (χ0v) is 16.9. The van der Waals surface area contributed by atoms with Gasteiger partial charge in [0.2, 0.25) is 0 Å². The molecule has 0 spiro atoms. The van der Waals surface area contributed by atoms with Crippen LogP contribution in [-0.2, 0) is 11.3 Å². The molecule has 1 aliphatic rings. The maximum Gasteiger partial charge on any atom is 0.256 e. The van der Waals surface area contributed by atoms with Gasteiger partial charge in [0.1, 0.15) is 0 Å². The van der Waals surface area contributed by atoms with Crippen LogP contribution in [0.15, 0.2) is 97.2 Å². The summed E-state index contributed by atoms with van der Waals surface area (Å²) in [6.07, 6.45) is 4.18. The molecule has 0 fully saturated rings. The summed E-state index contributed by atoms with van der Waals surface area (Å²) in [5, 5.41) is 6.63. The lowest BCUT2D eigenvalue weighted by atomic mass is 10.0. The Morgan fingerprint density at radius 2 is 1.52 bits per heavy atom. The minimum Gasteiger partial charge on any atom is -0.342 e. The Labute approximate surface area is 180 Å². The van der Waals surface area contributed by atoms with Crippen molar-refractivity contribution in [1.82, 2.24) is 4.57 Å². The number of anilines is 1. The molecule has 4 aromatic carbocycles. The first kappa shape index (κ1) is 17.7. The van der Waals surface area contributed by atoms with Gasteiger partial charge in [0, 0.05) is 46.0 Å². The fraction of sp³-hybridized carbons (Fsp3) is 0.0357. The SMILES string of the molecule is O=C1Nc2ccccc2/C1=C\c1cn(Cc2cccc3ccccc23)c2ccccc12. The van der Waals surface area contributed by atoms with Crippen molar-refractivity contribution >= 4 is 44.9 Å². The predicted octanol–water partition coefficient (Wildman–Crippen LogP) is 6.34. The number of aromatic nitrogens is 1. The van der Waals surface area contributed by atoms with E-state index in [1.165, 1.54) is 16.3 Å². The first-order valence-electron chi connectivity index (χ1n) is 10.4. The summed E-state index contributed by atoms with van der Waals surface area (Å²) in [6, 6.07) is 31.2. The number of fused-ring (bicyclic) bond motifs is 3. The van der Waals surface area contributed by atoms with Gasteiger partial charge >= 0.3 is 0 Å². The number of nitrogens with one attached hydrogen (secondary N) is 1. The van der Waals surface area contributed by atoms with Crippen molar-refractivity contribution in [3.05, 3.63) is 114 Å². The van der Waals surface area contributed by atoms with Crippen molar-refractivity contribution in [1.29, 1.82) is 0 Å². The van der Waals surface area contributed by atoms with E-state index in [0.717, 1.165) is 34.3 Å². The molecule has 31 heavy (non-hydrogen) atoms. The molecule has 0 saturated heterocycles. The fourth-order valence-electron chi connectivity index (χ4n) is 4.57. The van der Waals surface area contributed by atoms with Crippen LogP contribution in [0.1, 0.15) is 16.7 Å². The minimum absolute atomic E-state index is 0.0490. The maximum atomic E-state index is 12.6. The van der Waals surface area contributed by atoms with E-state index in [1.807, 2.05) is 30.3 Å². The Bertz CT molecular complexity index is 1500. The molecule has 0 aliphatic carbocycles. The summed E-state index contributed by atoms with van der Waals surface area (Å²) >= 11 is 0. The van der Waals surface area contributed by atoms with E-state index in [4.69, 9.17) is 0 Å². The van der Waals surface area contributed by atoms with E-state index < -0.39 is 0 Å². The van der Waals surface area contributed by atoms with Gasteiger partial charge in [0.05, 0.1) is 0 Å². The molecule has 0 atom stereocenters. The van der Waals surface area contributed by atoms with E-state index in [9.17, 15) is 4.79 Å². The number of rotatable bonds is 3. The summed E-state index contributed by atoms with van der Waals surface area (Å²) in [4.78, 5) is 12.6. The molecular formula is C28H20N2O. The van der Waals surface area contributed by atoms with Crippen LogP contribution in [0.4, 0.5) is 5.69 Å². The van der Waals surface area contributed by atoms with Crippen LogP contribution in [0.25, 0.3) is 33.3 Å². The molecule has 0 radical (unpaired) electrons. The van der Waals surface area contributed by atoms with E-state index in [1.54, 1.807) is 0 Å². The summed E-state index contributed by atoms with van der Waals surface area (Å²) in [5.41, 5.74) is 6.04. The van der Waals surface area contributed by atoms with E-state index in [0.29, 0.717) is 5.57 Å². The number of benzene rings is 4. The van der Waals surface area contributed by atoms with Crippen LogP contribution >= 0.6 is 0 Å².